The van der Waals surface area contributed by atoms with Gasteiger partial charge in [0, 0.05) is 11.8 Å². The third-order valence-electron chi connectivity index (χ3n) is 4.48. The summed E-state index contributed by atoms with van der Waals surface area (Å²) in [7, 11) is 1.49. The Morgan fingerprint density at radius 3 is 2.13 bits per heavy atom. The molecular formula is C19H31NO3. The summed E-state index contributed by atoms with van der Waals surface area (Å²) in [6, 6.07) is 4.83. The largest absolute Gasteiger partial charge is 0.504 e. The van der Waals surface area contributed by atoms with E-state index in [1.165, 1.54) is 13.2 Å². The Morgan fingerprint density at radius 1 is 1.13 bits per heavy atom. The number of ether oxygens (including phenoxy) is 1. The number of benzene rings is 1. The molecule has 1 aromatic rings. The maximum atomic E-state index is 13.0. The summed E-state index contributed by atoms with van der Waals surface area (Å²) in [6.07, 6.45) is 0.768. The van der Waals surface area contributed by atoms with Crippen LogP contribution in [0.3, 0.4) is 0 Å². The van der Waals surface area contributed by atoms with E-state index < -0.39 is 5.41 Å². The molecule has 23 heavy (non-hydrogen) atoms. The average molecular weight is 321 g/mol. The molecule has 130 valence electrons. The Morgan fingerprint density at radius 2 is 1.70 bits per heavy atom. The van der Waals surface area contributed by atoms with Crippen molar-refractivity contribution in [1.82, 2.24) is 0 Å². The van der Waals surface area contributed by atoms with Crippen LogP contribution < -0.4 is 10.1 Å². The zero-order valence-corrected chi connectivity index (χ0v) is 15.7. The van der Waals surface area contributed by atoms with Crippen molar-refractivity contribution in [3.05, 3.63) is 18.2 Å². The number of carbonyl (C=O) groups excluding carboxylic acids is 1. The van der Waals surface area contributed by atoms with Gasteiger partial charge in [0.1, 0.15) is 0 Å². The highest BCUT2D eigenvalue weighted by molar-refractivity contribution is 5.96. The molecular weight excluding hydrogens is 290 g/mol. The Kier molecular flexibility index (Phi) is 5.40. The molecule has 1 amide bonds. The molecule has 0 aromatic heterocycles. The second kappa shape index (κ2) is 6.42. The zero-order valence-electron chi connectivity index (χ0n) is 15.7. The Balaban J connectivity index is 3.12. The van der Waals surface area contributed by atoms with Gasteiger partial charge in [-0.2, -0.15) is 0 Å². The maximum absolute atomic E-state index is 13.0. The highest BCUT2D eigenvalue weighted by Gasteiger charge is 2.46. The van der Waals surface area contributed by atoms with Gasteiger partial charge in [0.15, 0.2) is 11.5 Å². The van der Waals surface area contributed by atoms with Gasteiger partial charge in [-0.3, -0.25) is 4.79 Å². The second-order valence-electron chi connectivity index (χ2n) is 8.66. The summed E-state index contributed by atoms with van der Waals surface area (Å²) in [5.74, 6) is 0.377. The number of amides is 1. The lowest BCUT2D eigenvalue weighted by Crippen LogP contribution is -2.46. The van der Waals surface area contributed by atoms with Crippen LogP contribution in [0, 0.1) is 16.2 Å². The average Bonchev–Trinajstić information content (AvgIpc) is 2.37. The summed E-state index contributed by atoms with van der Waals surface area (Å²) in [4.78, 5) is 13.0. The quantitative estimate of drug-likeness (QED) is 0.781. The van der Waals surface area contributed by atoms with Crippen molar-refractivity contribution in [3.63, 3.8) is 0 Å². The zero-order chi connectivity index (χ0) is 18.1. The van der Waals surface area contributed by atoms with E-state index in [4.69, 9.17) is 4.74 Å². The highest BCUT2D eigenvalue weighted by Crippen LogP contribution is 2.47. The molecule has 0 aliphatic heterocycles. The molecule has 0 aliphatic carbocycles. The molecule has 1 aromatic carbocycles. The number of hydrogen-bond acceptors (Lipinski definition) is 3. The normalized spacial score (nSPS) is 15.0. The topological polar surface area (TPSA) is 58.6 Å². The number of phenolic OH excluding ortho intramolecular Hbond substituents is 1. The minimum Gasteiger partial charge on any atom is -0.504 e. The van der Waals surface area contributed by atoms with E-state index in [9.17, 15) is 9.90 Å². The first kappa shape index (κ1) is 19.3. The summed E-state index contributed by atoms with van der Waals surface area (Å²) in [6.45, 7) is 14.7. The van der Waals surface area contributed by atoms with Crippen LogP contribution in [0.15, 0.2) is 18.2 Å². The van der Waals surface area contributed by atoms with Crippen molar-refractivity contribution in [3.8, 4) is 11.5 Å². The fourth-order valence-corrected chi connectivity index (χ4v) is 2.77. The fraction of sp³-hybridized carbons (Fsp3) is 0.632. The van der Waals surface area contributed by atoms with E-state index in [-0.39, 0.29) is 22.5 Å². The van der Waals surface area contributed by atoms with Gasteiger partial charge in [0.25, 0.3) is 0 Å². The first-order valence-electron chi connectivity index (χ1n) is 7.99. The SMILES string of the molecule is COc1cc(NC(=O)C(C)(CC(C)(C)C)C(C)(C)C)ccc1O. The smallest absolute Gasteiger partial charge is 0.230 e. The summed E-state index contributed by atoms with van der Waals surface area (Å²) < 4.78 is 5.10. The van der Waals surface area contributed by atoms with E-state index in [2.05, 4.69) is 46.9 Å². The van der Waals surface area contributed by atoms with Crippen LogP contribution in [-0.2, 0) is 4.79 Å². The molecule has 4 heteroatoms. The lowest BCUT2D eigenvalue weighted by molar-refractivity contribution is -0.133. The van der Waals surface area contributed by atoms with E-state index >= 15 is 0 Å². The minimum absolute atomic E-state index is 0.0207. The van der Waals surface area contributed by atoms with Gasteiger partial charge >= 0.3 is 0 Å². The van der Waals surface area contributed by atoms with Crippen molar-refractivity contribution < 1.29 is 14.6 Å². The van der Waals surface area contributed by atoms with Crippen molar-refractivity contribution in [2.24, 2.45) is 16.2 Å². The van der Waals surface area contributed by atoms with Crippen molar-refractivity contribution in [2.45, 2.75) is 54.9 Å². The lowest BCUT2D eigenvalue weighted by Gasteiger charge is -2.44. The fourth-order valence-electron chi connectivity index (χ4n) is 2.77. The molecule has 1 rings (SSSR count). The third kappa shape index (κ3) is 4.63. The van der Waals surface area contributed by atoms with E-state index in [1.54, 1.807) is 12.1 Å². The number of hydrogen-bond donors (Lipinski definition) is 2. The number of rotatable bonds is 4. The van der Waals surface area contributed by atoms with Crippen LogP contribution in [0.1, 0.15) is 54.9 Å². The number of carbonyl (C=O) groups is 1. The number of phenols is 1. The lowest BCUT2D eigenvalue weighted by atomic mass is 9.61. The van der Waals surface area contributed by atoms with Crippen LogP contribution in [0.2, 0.25) is 0 Å². The molecule has 0 radical (unpaired) electrons. The van der Waals surface area contributed by atoms with Gasteiger partial charge in [-0.05, 0) is 29.4 Å². The molecule has 0 spiro atoms. The van der Waals surface area contributed by atoms with Crippen molar-refractivity contribution in [1.29, 1.82) is 0 Å². The monoisotopic (exact) mass is 321 g/mol. The summed E-state index contributed by atoms with van der Waals surface area (Å²) in [5.41, 5.74) is -0.0673. The van der Waals surface area contributed by atoms with Gasteiger partial charge in [0.05, 0.1) is 12.5 Å². The number of anilines is 1. The first-order chi connectivity index (χ1) is 10.3. The van der Waals surface area contributed by atoms with Crippen molar-refractivity contribution in [2.75, 3.05) is 12.4 Å². The molecule has 0 fully saturated rings. The van der Waals surface area contributed by atoms with Gasteiger partial charge < -0.3 is 15.2 Å². The van der Waals surface area contributed by atoms with E-state index in [0.29, 0.717) is 11.4 Å². The maximum Gasteiger partial charge on any atom is 0.230 e. The Bertz CT molecular complexity index is 567. The van der Waals surface area contributed by atoms with Gasteiger partial charge in [-0.25, -0.2) is 0 Å². The van der Waals surface area contributed by atoms with Gasteiger partial charge in [0.2, 0.25) is 5.91 Å². The van der Waals surface area contributed by atoms with Crippen molar-refractivity contribution >= 4 is 11.6 Å². The molecule has 1 unspecified atom stereocenters. The molecule has 0 aliphatic rings. The third-order valence-corrected chi connectivity index (χ3v) is 4.48. The van der Waals surface area contributed by atoms with E-state index in [0.717, 1.165) is 6.42 Å². The number of nitrogens with one attached hydrogen (secondary N) is 1. The van der Waals surface area contributed by atoms with Crippen LogP contribution in [0.4, 0.5) is 5.69 Å². The number of aromatic hydroxyl groups is 1. The molecule has 1 atom stereocenters. The number of methoxy groups -OCH3 is 1. The van der Waals surface area contributed by atoms with Gasteiger partial charge in [-0.1, -0.05) is 48.5 Å². The Hall–Kier alpha value is -1.71. The Labute approximate surface area is 140 Å². The molecule has 2 N–H and O–H groups in total. The van der Waals surface area contributed by atoms with Crippen LogP contribution in [0.25, 0.3) is 0 Å². The van der Waals surface area contributed by atoms with E-state index in [1.807, 2.05) is 6.92 Å². The van der Waals surface area contributed by atoms with Crippen LogP contribution in [-0.4, -0.2) is 18.1 Å². The summed E-state index contributed by atoms with van der Waals surface area (Å²) >= 11 is 0. The molecule has 4 nitrogen and oxygen atoms in total. The van der Waals surface area contributed by atoms with Crippen LogP contribution >= 0.6 is 0 Å². The second-order valence-corrected chi connectivity index (χ2v) is 8.66. The molecule has 0 heterocycles. The first-order valence-corrected chi connectivity index (χ1v) is 7.99. The predicted molar refractivity (Wildman–Crippen MR) is 94.9 cm³/mol. The molecule has 0 saturated carbocycles. The molecule has 0 saturated heterocycles. The predicted octanol–water partition coefficient (Wildman–Crippen LogP) is 4.83. The standard InChI is InChI=1S/C19H31NO3/c1-17(2,3)12-19(7,18(4,5)6)16(22)20-13-9-10-14(21)15(11-13)23-8/h9-11,21H,12H2,1-8H3,(H,20,22). The van der Waals surface area contributed by atoms with Crippen LogP contribution in [0.5, 0.6) is 11.5 Å². The minimum atomic E-state index is -0.531. The highest BCUT2D eigenvalue weighted by atomic mass is 16.5. The van der Waals surface area contributed by atoms with Gasteiger partial charge in [-0.15, -0.1) is 0 Å². The molecule has 0 bridgehead atoms. The summed E-state index contributed by atoms with van der Waals surface area (Å²) in [5, 5.41) is 12.7.